The van der Waals surface area contributed by atoms with Crippen LogP contribution in [-0.4, -0.2) is 73.0 Å². The molecule has 4 bridgehead atoms. The Morgan fingerprint density at radius 1 is 0.493 bits per heavy atom. The van der Waals surface area contributed by atoms with Crippen molar-refractivity contribution in [3.8, 4) is 34.5 Å². The molecule has 0 aliphatic heterocycles. The van der Waals surface area contributed by atoms with Gasteiger partial charge in [0, 0.05) is 44.3 Å². The summed E-state index contributed by atoms with van der Waals surface area (Å²) in [5.74, 6) is -1.40. The van der Waals surface area contributed by atoms with E-state index in [0.29, 0.717) is 90.1 Å². The zero-order valence-electron chi connectivity index (χ0n) is 37.4. The minimum absolute atomic E-state index is 0. The predicted molar refractivity (Wildman–Crippen MR) is 253 cm³/mol. The van der Waals surface area contributed by atoms with E-state index >= 15 is 0 Å². The first kappa shape index (κ1) is 50.0. The van der Waals surface area contributed by atoms with Crippen LogP contribution >= 0.6 is 0 Å². The highest BCUT2D eigenvalue weighted by Crippen LogP contribution is 2.74. The number of ether oxygens (including phenoxy) is 1. The molecule has 4 aromatic rings. The monoisotopic (exact) mass is 921 g/mol. The molecule has 0 saturated heterocycles. The number of hydrogen-bond acceptors (Lipinski definition) is 11. The second kappa shape index (κ2) is 21.5. The van der Waals surface area contributed by atoms with Crippen LogP contribution in [0, 0.1) is 16.2 Å². The van der Waals surface area contributed by atoms with Gasteiger partial charge in [0.25, 0.3) is 0 Å². The second-order valence-corrected chi connectivity index (χ2v) is 19.6. The third kappa shape index (κ3) is 13.1. The molecule has 67 heavy (non-hydrogen) atoms. The van der Waals surface area contributed by atoms with Crippen LogP contribution in [0.2, 0.25) is 0 Å². The molecule has 360 valence electrons. The largest absolute Gasteiger partial charge is 0.504 e. The quantitative estimate of drug-likeness (QED) is 0.0339. The summed E-state index contributed by atoms with van der Waals surface area (Å²) in [6.45, 7) is 0.764. The fourth-order valence-corrected chi connectivity index (χ4v) is 12.0. The van der Waals surface area contributed by atoms with E-state index in [9.17, 15) is 49.8 Å². The molecule has 0 spiro atoms. The first-order valence-corrected chi connectivity index (χ1v) is 23.1. The number of alkyl carbamates (subject to hydrolysis) is 1. The normalized spacial score (nSPS) is 22.3. The number of ketones is 1. The lowest BCUT2D eigenvalue weighted by molar-refractivity contribution is -0.186. The van der Waals surface area contributed by atoms with Gasteiger partial charge in [-0.2, -0.15) is 0 Å². The SMILES string of the molecule is C.O=C(CCCc1ccc(O)c(O)c1)CCC12CC3(CCC(=O)NCCc4ccc(O)c(O)c4)CC(CCC(=O)NCCc4ccc(O)c(O)c4)(C1)CC(NC(=O)OCc1ccccc1)(C2)C3. The molecule has 4 aliphatic rings. The van der Waals surface area contributed by atoms with E-state index in [1.165, 1.54) is 36.4 Å². The van der Waals surface area contributed by atoms with Crippen LogP contribution in [0.25, 0.3) is 0 Å². The van der Waals surface area contributed by atoms with Crippen LogP contribution in [0.3, 0.4) is 0 Å². The number of phenolic OH excluding ortho intramolecular Hbond substituents is 6. The Hall–Kier alpha value is -6.44. The Bertz CT molecular complexity index is 2160. The van der Waals surface area contributed by atoms with Gasteiger partial charge in [0.1, 0.15) is 12.4 Å². The highest BCUT2D eigenvalue weighted by molar-refractivity contribution is 5.78. The average Bonchev–Trinajstić information content (AvgIpc) is 3.27. The molecular weight excluding hydrogens is 855 g/mol. The topological polar surface area (TPSA) is 235 Å². The van der Waals surface area contributed by atoms with Gasteiger partial charge >= 0.3 is 6.09 Å². The van der Waals surface area contributed by atoms with Gasteiger partial charge in [0.2, 0.25) is 11.8 Å². The van der Waals surface area contributed by atoms with E-state index in [2.05, 4.69) is 16.0 Å². The molecule has 0 aromatic heterocycles. The first-order chi connectivity index (χ1) is 31.5. The molecule has 14 heteroatoms. The molecular formula is C53H67N3O11. The Morgan fingerprint density at radius 3 is 1.37 bits per heavy atom. The van der Waals surface area contributed by atoms with Gasteiger partial charge in [-0.3, -0.25) is 14.4 Å². The molecule has 9 N–H and O–H groups in total. The van der Waals surface area contributed by atoms with Crippen LogP contribution in [0.4, 0.5) is 4.79 Å². The van der Waals surface area contributed by atoms with Crippen molar-refractivity contribution in [3.05, 3.63) is 107 Å². The number of benzene rings is 4. The Labute approximate surface area is 392 Å². The van der Waals surface area contributed by atoms with Crippen molar-refractivity contribution in [2.75, 3.05) is 13.1 Å². The minimum Gasteiger partial charge on any atom is -0.504 e. The first-order valence-electron chi connectivity index (χ1n) is 23.1. The Kier molecular flexibility index (Phi) is 16.0. The standard InChI is InChI=1S/C52H63N3O11.CH4/c56-39(8-4-7-35-9-12-40(57)43(60)25-35)15-20-49-29-50(21-16-46(63)53-23-18-36-10-13-41(58)44(61)26-36)31-51(30-49,22-17-47(64)54-24-19-37-11-14-42(59)45(62)27-37)34-52(32-49,33-50)55-48(65)66-28-38-5-2-1-3-6-38;/h1-3,5-6,9-14,25-27,57-62H,4,7-8,15-24,28-34H2,(H,53,63)(H,54,64)(H,55,65);1H4. The van der Waals surface area contributed by atoms with Gasteiger partial charge in [0.05, 0.1) is 0 Å². The number of amides is 3. The minimum atomic E-state index is -0.707. The molecule has 3 amide bonds. The van der Waals surface area contributed by atoms with Crippen LogP contribution in [0.15, 0.2) is 84.9 Å². The number of rotatable bonds is 22. The number of aromatic hydroxyl groups is 6. The van der Waals surface area contributed by atoms with Gasteiger partial charge < -0.3 is 51.3 Å². The number of phenols is 6. The van der Waals surface area contributed by atoms with Gasteiger partial charge in [-0.25, -0.2) is 4.79 Å². The molecule has 2 unspecified atom stereocenters. The summed E-state index contributed by atoms with van der Waals surface area (Å²) >= 11 is 0. The van der Waals surface area contributed by atoms with Crippen molar-refractivity contribution in [2.24, 2.45) is 16.2 Å². The van der Waals surface area contributed by atoms with Gasteiger partial charge in [0.15, 0.2) is 34.5 Å². The van der Waals surface area contributed by atoms with Crippen LogP contribution in [0.5, 0.6) is 34.5 Å². The fourth-order valence-electron chi connectivity index (χ4n) is 12.0. The lowest BCUT2D eigenvalue weighted by Gasteiger charge is -2.71. The highest BCUT2D eigenvalue weighted by atomic mass is 16.5. The predicted octanol–water partition coefficient (Wildman–Crippen LogP) is 8.51. The third-order valence-electron chi connectivity index (χ3n) is 14.2. The molecule has 0 radical (unpaired) electrons. The fraction of sp³-hybridized carbons (Fsp3) is 0.472. The molecule has 4 fully saturated rings. The molecule has 8 rings (SSSR count). The lowest BCUT2D eigenvalue weighted by atomic mass is 9.35. The van der Waals surface area contributed by atoms with Gasteiger partial charge in [-0.15, -0.1) is 0 Å². The molecule has 2 atom stereocenters. The van der Waals surface area contributed by atoms with Crippen molar-refractivity contribution >= 4 is 23.7 Å². The average molecular weight is 922 g/mol. The third-order valence-corrected chi connectivity index (χ3v) is 14.2. The van der Waals surface area contributed by atoms with Crippen molar-refractivity contribution in [1.82, 2.24) is 16.0 Å². The summed E-state index contributed by atoms with van der Waals surface area (Å²) in [7, 11) is 0. The zero-order valence-corrected chi connectivity index (χ0v) is 37.4. The summed E-state index contributed by atoms with van der Waals surface area (Å²) in [5, 5.41) is 68.3. The van der Waals surface area contributed by atoms with E-state index < -0.39 is 11.6 Å². The van der Waals surface area contributed by atoms with Gasteiger partial charge in [-0.1, -0.05) is 56.0 Å². The van der Waals surface area contributed by atoms with E-state index in [4.69, 9.17) is 4.74 Å². The lowest BCUT2D eigenvalue weighted by Crippen LogP contribution is -2.69. The van der Waals surface area contributed by atoms with E-state index in [-0.39, 0.29) is 95.2 Å². The van der Waals surface area contributed by atoms with Crippen molar-refractivity contribution in [2.45, 2.75) is 129 Å². The summed E-state index contributed by atoms with van der Waals surface area (Å²) in [4.78, 5) is 54.6. The highest BCUT2D eigenvalue weighted by Gasteiger charge is 2.68. The maximum atomic E-state index is 13.8. The summed E-state index contributed by atoms with van der Waals surface area (Å²) in [6.07, 6.45) is 8.57. The molecule has 4 saturated carbocycles. The number of hydrogen-bond donors (Lipinski definition) is 9. The Balaban J connectivity index is 0.00000741. The van der Waals surface area contributed by atoms with E-state index in [1.807, 2.05) is 30.3 Å². The molecule has 0 heterocycles. The molecule has 4 aromatic carbocycles. The number of Topliss-reactive ketones (excluding diaryl/α,β-unsaturated/α-hetero) is 1. The van der Waals surface area contributed by atoms with E-state index in [1.54, 1.807) is 18.2 Å². The van der Waals surface area contributed by atoms with Gasteiger partial charge in [-0.05, 0) is 158 Å². The van der Waals surface area contributed by atoms with Crippen molar-refractivity contribution in [1.29, 1.82) is 0 Å². The Morgan fingerprint density at radius 2 is 0.925 bits per heavy atom. The smallest absolute Gasteiger partial charge is 0.407 e. The van der Waals surface area contributed by atoms with Crippen LogP contribution in [0.1, 0.15) is 120 Å². The molecule has 4 aliphatic carbocycles. The molecule has 14 nitrogen and oxygen atoms in total. The number of carbonyl (C=O) groups is 4. The van der Waals surface area contributed by atoms with Crippen molar-refractivity contribution in [3.63, 3.8) is 0 Å². The number of nitrogens with one attached hydrogen (secondary N) is 3. The van der Waals surface area contributed by atoms with Crippen molar-refractivity contribution < 1.29 is 54.6 Å². The number of aryl methyl sites for hydroxylation is 1. The summed E-state index contributed by atoms with van der Waals surface area (Å²) in [5.41, 5.74) is 1.36. The zero-order chi connectivity index (χ0) is 47.0. The maximum Gasteiger partial charge on any atom is 0.407 e. The second-order valence-electron chi connectivity index (χ2n) is 19.6. The summed E-state index contributed by atoms with van der Waals surface area (Å²) in [6, 6.07) is 23.3. The number of carbonyl (C=O) groups excluding carboxylic acids is 4. The van der Waals surface area contributed by atoms with Crippen LogP contribution in [-0.2, 0) is 45.0 Å². The van der Waals surface area contributed by atoms with E-state index in [0.717, 1.165) is 41.5 Å². The summed E-state index contributed by atoms with van der Waals surface area (Å²) < 4.78 is 5.82. The van der Waals surface area contributed by atoms with Crippen LogP contribution < -0.4 is 16.0 Å². The maximum absolute atomic E-state index is 13.8.